The van der Waals surface area contributed by atoms with Gasteiger partial charge < -0.3 is 0 Å². The molecule has 2 rings (SSSR count). The van der Waals surface area contributed by atoms with Crippen LogP contribution in [0.1, 0.15) is 39.0 Å². The third-order valence-corrected chi connectivity index (χ3v) is 3.69. The first-order valence-electron chi connectivity index (χ1n) is 5.99. The highest BCUT2D eigenvalue weighted by Crippen LogP contribution is 2.32. The van der Waals surface area contributed by atoms with E-state index in [1.807, 2.05) is 6.92 Å². The molecule has 2 fully saturated rings. The lowest BCUT2D eigenvalue weighted by atomic mass is 9.95. The summed E-state index contributed by atoms with van der Waals surface area (Å²) in [6, 6.07) is 0.501. The van der Waals surface area contributed by atoms with Crippen molar-refractivity contribution in [1.82, 2.24) is 4.90 Å². The van der Waals surface area contributed by atoms with Crippen LogP contribution in [-0.2, 0) is 4.79 Å². The number of Topliss-reactive ketones (excluding diaryl/α,β-unsaturated/α-hetero) is 1. The van der Waals surface area contributed by atoms with E-state index in [0.29, 0.717) is 17.7 Å². The maximum absolute atomic E-state index is 11.7. The zero-order valence-electron chi connectivity index (χ0n) is 9.46. The summed E-state index contributed by atoms with van der Waals surface area (Å²) in [5.74, 6) is 6.89. The van der Waals surface area contributed by atoms with E-state index >= 15 is 0 Å². The molecule has 1 saturated heterocycles. The summed E-state index contributed by atoms with van der Waals surface area (Å²) in [5, 5.41) is 0. The largest absolute Gasteiger partial charge is 0.299 e. The molecule has 0 amide bonds. The smallest absolute Gasteiger partial charge is 0.137 e. The predicted octanol–water partition coefficient (Wildman–Crippen LogP) is 1.84. The Hall–Kier alpha value is -0.810. The van der Waals surface area contributed by atoms with Gasteiger partial charge in [-0.05, 0) is 39.2 Å². The molecule has 2 aliphatic rings. The minimum atomic E-state index is 0.325. The fourth-order valence-corrected chi connectivity index (χ4v) is 2.93. The molecule has 15 heavy (non-hydrogen) atoms. The van der Waals surface area contributed by atoms with Crippen molar-refractivity contribution in [3.63, 3.8) is 0 Å². The molecular weight excluding hydrogens is 186 g/mol. The van der Waals surface area contributed by atoms with Gasteiger partial charge in [0.25, 0.3) is 0 Å². The van der Waals surface area contributed by atoms with E-state index in [1.165, 1.54) is 12.8 Å². The summed E-state index contributed by atoms with van der Waals surface area (Å²) in [4.78, 5) is 14.1. The Morgan fingerprint density at radius 2 is 2.27 bits per heavy atom. The molecule has 2 nitrogen and oxygen atoms in total. The third kappa shape index (κ3) is 2.23. The topological polar surface area (TPSA) is 20.3 Å². The maximum Gasteiger partial charge on any atom is 0.137 e. The second kappa shape index (κ2) is 4.81. The second-order valence-corrected chi connectivity index (χ2v) is 4.57. The van der Waals surface area contributed by atoms with Gasteiger partial charge in [-0.15, -0.1) is 5.92 Å². The van der Waals surface area contributed by atoms with E-state index < -0.39 is 0 Å². The highest BCUT2D eigenvalue weighted by molar-refractivity contribution is 5.83. The molecule has 1 aliphatic heterocycles. The molecule has 2 heteroatoms. The number of hydrogen-bond donors (Lipinski definition) is 0. The van der Waals surface area contributed by atoms with Crippen molar-refractivity contribution in [3.05, 3.63) is 0 Å². The average Bonchev–Trinajstić information content (AvgIpc) is 2.82. The van der Waals surface area contributed by atoms with Gasteiger partial charge in [-0.3, -0.25) is 9.69 Å². The maximum atomic E-state index is 11.7. The SMILES string of the molecule is CC#CCN1CCCC1C1CCCC1=O. The van der Waals surface area contributed by atoms with Crippen LogP contribution < -0.4 is 0 Å². The van der Waals surface area contributed by atoms with Crippen LogP contribution in [0.15, 0.2) is 0 Å². The minimum absolute atomic E-state index is 0.325. The van der Waals surface area contributed by atoms with Crippen LogP contribution in [0.3, 0.4) is 0 Å². The molecule has 0 aromatic rings. The van der Waals surface area contributed by atoms with Gasteiger partial charge in [0.05, 0.1) is 6.54 Å². The van der Waals surface area contributed by atoms with Crippen molar-refractivity contribution in [2.45, 2.75) is 45.1 Å². The Balaban J connectivity index is 1.99. The lowest BCUT2D eigenvalue weighted by molar-refractivity contribution is -0.122. The van der Waals surface area contributed by atoms with Crippen LogP contribution in [0.25, 0.3) is 0 Å². The van der Waals surface area contributed by atoms with Crippen molar-refractivity contribution < 1.29 is 4.79 Å². The Kier molecular flexibility index (Phi) is 3.43. The first-order chi connectivity index (χ1) is 7.33. The van der Waals surface area contributed by atoms with Gasteiger partial charge in [0.15, 0.2) is 0 Å². The fraction of sp³-hybridized carbons (Fsp3) is 0.769. The number of carbonyl (C=O) groups is 1. The van der Waals surface area contributed by atoms with Gasteiger partial charge in [0.1, 0.15) is 5.78 Å². The Morgan fingerprint density at radius 3 is 2.93 bits per heavy atom. The molecule has 0 spiro atoms. The number of hydrogen-bond acceptors (Lipinski definition) is 2. The van der Waals surface area contributed by atoms with Crippen molar-refractivity contribution in [2.24, 2.45) is 5.92 Å². The van der Waals surface area contributed by atoms with Crippen molar-refractivity contribution in [1.29, 1.82) is 0 Å². The van der Waals surface area contributed by atoms with E-state index in [2.05, 4.69) is 16.7 Å². The molecule has 1 saturated carbocycles. The molecule has 2 unspecified atom stereocenters. The van der Waals surface area contributed by atoms with Crippen LogP contribution in [0, 0.1) is 17.8 Å². The highest BCUT2D eigenvalue weighted by atomic mass is 16.1. The number of nitrogens with zero attached hydrogens (tertiary/aromatic N) is 1. The molecule has 0 aromatic carbocycles. The van der Waals surface area contributed by atoms with E-state index in [4.69, 9.17) is 0 Å². The highest BCUT2D eigenvalue weighted by Gasteiger charge is 2.37. The monoisotopic (exact) mass is 205 g/mol. The molecule has 0 N–H and O–H groups in total. The standard InChI is InChI=1S/C13H19NO/c1-2-3-9-14-10-5-7-12(14)11-6-4-8-13(11)15/h11-12H,4-10H2,1H3. The van der Waals surface area contributed by atoms with Crippen LogP contribution in [0.2, 0.25) is 0 Å². The molecular formula is C13H19NO. The van der Waals surface area contributed by atoms with E-state index in [9.17, 15) is 4.79 Å². The van der Waals surface area contributed by atoms with Crippen molar-refractivity contribution in [3.8, 4) is 11.8 Å². The Morgan fingerprint density at radius 1 is 1.40 bits per heavy atom. The molecule has 1 heterocycles. The van der Waals surface area contributed by atoms with Gasteiger partial charge in [-0.1, -0.05) is 5.92 Å². The molecule has 82 valence electrons. The number of ketones is 1. The molecule has 0 bridgehead atoms. The van der Waals surface area contributed by atoms with Crippen LogP contribution in [0.4, 0.5) is 0 Å². The van der Waals surface area contributed by atoms with Gasteiger partial charge in [0, 0.05) is 18.4 Å². The molecule has 1 aliphatic carbocycles. The second-order valence-electron chi connectivity index (χ2n) is 4.57. The molecule has 0 aromatic heterocycles. The molecule has 0 radical (unpaired) electrons. The number of likely N-dealkylation sites (tertiary alicyclic amines) is 1. The van der Waals surface area contributed by atoms with Crippen LogP contribution in [0.5, 0.6) is 0 Å². The van der Waals surface area contributed by atoms with Crippen molar-refractivity contribution >= 4 is 5.78 Å². The lowest BCUT2D eigenvalue weighted by Gasteiger charge is -2.26. The normalized spacial score (nSPS) is 31.7. The summed E-state index contributed by atoms with van der Waals surface area (Å²) < 4.78 is 0. The summed E-state index contributed by atoms with van der Waals surface area (Å²) in [7, 11) is 0. The Labute approximate surface area is 92.0 Å². The molecule has 2 atom stereocenters. The Bertz CT molecular complexity index is 299. The summed E-state index contributed by atoms with van der Waals surface area (Å²) >= 11 is 0. The summed E-state index contributed by atoms with van der Waals surface area (Å²) in [6.45, 7) is 3.86. The third-order valence-electron chi connectivity index (χ3n) is 3.69. The van der Waals surface area contributed by atoms with E-state index in [0.717, 1.165) is 32.4 Å². The number of rotatable bonds is 2. The van der Waals surface area contributed by atoms with Crippen LogP contribution in [-0.4, -0.2) is 29.8 Å². The summed E-state index contributed by atoms with van der Waals surface area (Å²) in [5.41, 5.74) is 0. The zero-order valence-corrected chi connectivity index (χ0v) is 9.46. The first kappa shape index (κ1) is 10.7. The fourth-order valence-electron chi connectivity index (χ4n) is 2.93. The number of carbonyl (C=O) groups excluding carboxylic acids is 1. The predicted molar refractivity (Wildman–Crippen MR) is 60.4 cm³/mol. The van der Waals surface area contributed by atoms with Gasteiger partial charge >= 0.3 is 0 Å². The van der Waals surface area contributed by atoms with Gasteiger partial charge in [-0.2, -0.15) is 0 Å². The van der Waals surface area contributed by atoms with E-state index in [-0.39, 0.29) is 0 Å². The summed E-state index contributed by atoms with van der Waals surface area (Å²) in [6.07, 6.45) is 5.46. The van der Waals surface area contributed by atoms with Crippen molar-refractivity contribution in [2.75, 3.05) is 13.1 Å². The van der Waals surface area contributed by atoms with E-state index in [1.54, 1.807) is 0 Å². The first-order valence-corrected chi connectivity index (χ1v) is 5.99. The zero-order chi connectivity index (χ0) is 10.7. The average molecular weight is 205 g/mol. The van der Waals surface area contributed by atoms with Gasteiger partial charge in [-0.25, -0.2) is 0 Å². The lowest BCUT2D eigenvalue weighted by Crippen LogP contribution is -2.37. The van der Waals surface area contributed by atoms with Crippen LogP contribution >= 0.6 is 0 Å². The quantitative estimate of drug-likeness (QED) is 0.641. The van der Waals surface area contributed by atoms with Gasteiger partial charge in [0.2, 0.25) is 0 Å². The minimum Gasteiger partial charge on any atom is -0.299 e.